The molecule has 0 heterocycles. The first-order chi connectivity index (χ1) is 17.2. The zero-order valence-corrected chi connectivity index (χ0v) is 22.0. The van der Waals surface area contributed by atoms with Crippen molar-refractivity contribution >= 4 is 0 Å². The van der Waals surface area contributed by atoms with Gasteiger partial charge in [-0.1, -0.05) is 125 Å². The molecule has 0 spiro atoms. The van der Waals surface area contributed by atoms with Crippen LogP contribution < -0.4 is 0 Å². The van der Waals surface area contributed by atoms with Crippen molar-refractivity contribution in [1.82, 2.24) is 0 Å². The highest BCUT2D eigenvalue weighted by Gasteiger charge is 2.22. The van der Waals surface area contributed by atoms with Gasteiger partial charge in [-0.2, -0.15) is 0 Å². The fraction of sp³-hybridized carbons (Fsp3) is 0.294. The third kappa shape index (κ3) is 5.78. The van der Waals surface area contributed by atoms with Gasteiger partial charge in [-0.05, 0) is 68.2 Å². The lowest BCUT2D eigenvalue weighted by Crippen LogP contribution is -2.20. The van der Waals surface area contributed by atoms with Gasteiger partial charge in [0.25, 0.3) is 0 Å². The lowest BCUT2D eigenvalue weighted by Gasteiger charge is -2.25. The highest BCUT2D eigenvalue weighted by atomic mass is 16.3. The smallest absolute Gasteiger partial charge is 0.0485 e. The molecule has 0 unspecified atom stereocenters. The summed E-state index contributed by atoms with van der Waals surface area (Å²) in [5.41, 5.74) is 9.29. The molecule has 4 rings (SSSR count). The van der Waals surface area contributed by atoms with Crippen molar-refractivity contribution < 1.29 is 10.2 Å². The molecule has 0 aromatic heterocycles. The average molecular weight is 479 g/mol. The molecule has 0 aliphatic carbocycles. The Morgan fingerprint density at radius 2 is 0.667 bits per heavy atom. The van der Waals surface area contributed by atoms with Gasteiger partial charge >= 0.3 is 0 Å². The summed E-state index contributed by atoms with van der Waals surface area (Å²) in [5, 5.41) is 19.8. The zero-order chi connectivity index (χ0) is 25.8. The van der Waals surface area contributed by atoms with Crippen LogP contribution in [0.15, 0.2) is 97.1 Å². The van der Waals surface area contributed by atoms with Gasteiger partial charge in [0.15, 0.2) is 0 Å². The lowest BCUT2D eigenvalue weighted by atomic mass is 9.80. The van der Waals surface area contributed by atoms with E-state index in [0.717, 1.165) is 12.8 Å². The van der Waals surface area contributed by atoms with E-state index in [2.05, 4.69) is 125 Å². The molecule has 4 aromatic rings. The SMILES string of the molecule is CC(C)(CO)Cc1ccccc1-c1ccccc1-c1ccccc1-c1ccccc1CC(C)(C)CO. The molecule has 0 radical (unpaired) electrons. The van der Waals surface area contributed by atoms with Gasteiger partial charge in [0.1, 0.15) is 0 Å². The summed E-state index contributed by atoms with van der Waals surface area (Å²) in [5.74, 6) is 0. The molecule has 0 aliphatic rings. The molecule has 0 atom stereocenters. The summed E-state index contributed by atoms with van der Waals surface area (Å²) in [6, 6.07) is 34.4. The van der Waals surface area contributed by atoms with Crippen LogP contribution >= 0.6 is 0 Å². The van der Waals surface area contributed by atoms with E-state index in [1.807, 2.05) is 0 Å². The van der Waals surface area contributed by atoms with Crippen LogP contribution in [0.2, 0.25) is 0 Å². The Labute approximate surface area is 216 Å². The molecule has 36 heavy (non-hydrogen) atoms. The normalized spacial score (nSPS) is 12.1. The van der Waals surface area contributed by atoms with Crippen LogP contribution in [0.3, 0.4) is 0 Å². The van der Waals surface area contributed by atoms with Crippen LogP contribution in [-0.4, -0.2) is 23.4 Å². The Hall–Kier alpha value is -3.20. The monoisotopic (exact) mass is 478 g/mol. The second-order valence-corrected chi connectivity index (χ2v) is 11.4. The quantitative estimate of drug-likeness (QED) is 0.257. The first-order valence-electron chi connectivity index (χ1n) is 12.8. The summed E-state index contributed by atoms with van der Waals surface area (Å²) in [6.45, 7) is 8.72. The Balaban J connectivity index is 1.88. The molecule has 0 saturated carbocycles. The third-order valence-electron chi connectivity index (χ3n) is 6.95. The van der Waals surface area contributed by atoms with Crippen LogP contribution in [0, 0.1) is 10.8 Å². The van der Waals surface area contributed by atoms with Gasteiger partial charge in [-0.25, -0.2) is 0 Å². The average Bonchev–Trinajstić information content (AvgIpc) is 2.89. The number of hydrogen-bond donors (Lipinski definition) is 2. The molecule has 0 saturated heterocycles. The van der Waals surface area contributed by atoms with Gasteiger partial charge in [0.2, 0.25) is 0 Å². The minimum Gasteiger partial charge on any atom is -0.396 e. The number of benzene rings is 4. The summed E-state index contributed by atoms with van der Waals surface area (Å²) < 4.78 is 0. The minimum absolute atomic E-state index is 0.146. The fourth-order valence-corrected chi connectivity index (χ4v) is 4.92. The first kappa shape index (κ1) is 25.9. The molecule has 0 aliphatic heterocycles. The Bertz CT molecular complexity index is 1210. The van der Waals surface area contributed by atoms with Crippen molar-refractivity contribution in [2.24, 2.45) is 10.8 Å². The van der Waals surface area contributed by atoms with Crippen LogP contribution in [0.1, 0.15) is 38.8 Å². The van der Waals surface area contributed by atoms with E-state index in [4.69, 9.17) is 0 Å². The van der Waals surface area contributed by atoms with Crippen molar-refractivity contribution in [2.45, 2.75) is 40.5 Å². The highest BCUT2D eigenvalue weighted by Crippen LogP contribution is 2.41. The lowest BCUT2D eigenvalue weighted by molar-refractivity contribution is 0.160. The third-order valence-corrected chi connectivity index (χ3v) is 6.95. The predicted molar refractivity (Wildman–Crippen MR) is 152 cm³/mol. The Morgan fingerprint density at radius 3 is 0.972 bits per heavy atom. The molecular formula is C34H38O2. The molecule has 2 nitrogen and oxygen atoms in total. The van der Waals surface area contributed by atoms with Gasteiger partial charge in [-0.3, -0.25) is 0 Å². The van der Waals surface area contributed by atoms with Crippen molar-refractivity contribution in [2.75, 3.05) is 13.2 Å². The largest absolute Gasteiger partial charge is 0.396 e. The molecule has 2 heteroatoms. The Morgan fingerprint density at radius 1 is 0.417 bits per heavy atom. The summed E-state index contributed by atoms with van der Waals surface area (Å²) in [4.78, 5) is 0. The second-order valence-electron chi connectivity index (χ2n) is 11.4. The van der Waals surface area contributed by atoms with Crippen molar-refractivity contribution in [1.29, 1.82) is 0 Å². The van der Waals surface area contributed by atoms with Crippen LogP contribution in [0.4, 0.5) is 0 Å². The van der Waals surface area contributed by atoms with Crippen molar-refractivity contribution in [3.8, 4) is 33.4 Å². The van der Waals surface area contributed by atoms with E-state index in [1.54, 1.807) is 0 Å². The maximum absolute atomic E-state index is 9.92. The van der Waals surface area contributed by atoms with Gasteiger partial charge < -0.3 is 10.2 Å². The number of aliphatic hydroxyl groups is 2. The molecule has 0 amide bonds. The summed E-state index contributed by atoms with van der Waals surface area (Å²) in [6.07, 6.45) is 1.60. The molecule has 2 N–H and O–H groups in total. The number of hydrogen-bond acceptors (Lipinski definition) is 2. The van der Waals surface area contributed by atoms with Gasteiger partial charge in [-0.15, -0.1) is 0 Å². The van der Waals surface area contributed by atoms with E-state index in [0.29, 0.717) is 0 Å². The van der Waals surface area contributed by atoms with Crippen molar-refractivity contribution in [3.63, 3.8) is 0 Å². The predicted octanol–water partition coefficient (Wildman–Crippen LogP) is 7.81. The van der Waals surface area contributed by atoms with Crippen LogP contribution in [0.5, 0.6) is 0 Å². The maximum atomic E-state index is 9.92. The summed E-state index contributed by atoms with van der Waals surface area (Å²) >= 11 is 0. The highest BCUT2D eigenvalue weighted by molar-refractivity contribution is 5.92. The number of rotatable bonds is 9. The first-order valence-corrected chi connectivity index (χ1v) is 12.8. The fourth-order valence-electron chi connectivity index (χ4n) is 4.92. The van der Waals surface area contributed by atoms with E-state index >= 15 is 0 Å². The van der Waals surface area contributed by atoms with Gasteiger partial charge in [0.05, 0.1) is 0 Å². The van der Waals surface area contributed by atoms with Crippen LogP contribution in [0.25, 0.3) is 33.4 Å². The van der Waals surface area contributed by atoms with E-state index in [-0.39, 0.29) is 24.0 Å². The molecule has 4 aromatic carbocycles. The molecule has 186 valence electrons. The van der Waals surface area contributed by atoms with E-state index in [9.17, 15) is 10.2 Å². The Kier molecular flexibility index (Phi) is 7.78. The van der Waals surface area contributed by atoms with Crippen LogP contribution in [-0.2, 0) is 12.8 Å². The molecule has 0 bridgehead atoms. The topological polar surface area (TPSA) is 40.5 Å². The van der Waals surface area contributed by atoms with Crippen molar-refractivity contribution in [3.05, 3.63) is 108 Å². The molecular weight excluding hydrogens is 440 g/mol. The maximum Gasteiger partial charge on any atom is 0.0485 e. The molecule has 0 fully saturated rings. The zero-order valence-electron chi connectivity index (χ0n) is 22.0. The van der Waals surface area contributed by atoms with E-state index < -0.39 is 0 Å². The second kappa shape index (κ2) is 10.8. The number of aliphatic hydroxyl groups excluding tert-OH is 2. The minimum atomic E-state index is -0.193. The summed E-state index contributed by atoms with van der Waals surface area (Å²) in [7, 11) is 0. The standard InChI is InChI=1S/C34H38O2/c1-33(2,23-35)21-25-13-5-7-15-27(25)29-17-9-11-19-31(29)32-20-12-10-18-30(32)28-16-8-6-14-26(28)22-34(3,4)24-36/h5-20,35-36H,21-24H2,1-4H3. The van der Waals surface area contributed by atoms with E-state index in [1.165, 1.54) is 44.5 Å². The van der Waals surface area contributed by atoms with Gasteiger partial charge in [0, 0.05) is 13.2 Å².